The van der Waals surface area contributed by atoms with Gasteiger partial charge in [-0.2, -0.15) is 11.3 Å². The highest BCUT2D eigenvalue weighted by Gasteiger charge is 2.12. The first-order valence-electron chi connectivity index (χ1n) is 9.46. The smallest absolute Gasteiger partial charge is 0.230 e. The van der Waals surface area contributed by atoms with Crippen molar-refractivity contribution in [3.8, 4) is 22.0 Å². The number of aryl methyl sites for hydroxylation is 1. The highest BCUT2D eigenvalue weighted by Crippen LogP contribution is 2.27. The van der Waals surface area contributed by atoms with Crippen molar-refractivity contribution >= 4 is 45.3 Å². The molecule has 1 N–H and O–H groups in total. The number of aromatic nitrogens is 3. The molecule has 0 radical (unpaired) electrons. The molecule has 0 fully saturated rings. The molecule has 0 unspecified atom stereocenters. The monoisotopic (exact) mass is 430 g/mol. The summed E-state index contributed by atoms with van der Waals surface area (Å²) in [6.45, 7) is 0. The summed E-state index contributed by atoms with van der Waals surface area (Å²) >= 11 is 3.21. The number of anilines is 1. The maximum Gasteiger partial charge on any atom is 0.230 e. The lowest BCUT2D eigenvalue weighted by Gasteiger charge is -2.06. The molecule has 5 rings (SSSR count). The Morgan fingerprint density at radius 2 is 1.83 bits per heavy atom. The van der Waals surface area contributed by atoms with E-state index in [0.29, 0.717) is 0 Å². The summed E-state index contributed by atoms with van der Waals surface area (Å²) < 4.78 is 2.08. The van der Waals surface area contributed by atoms with E-state index < -0.39 is 0 Å². The van der Waals surface area contributed by atoms with E-state index in [1.54, 1.807) is 22.7 Å². The lowest BCUT2D eigenvalue weighted by Crippen LogP contribution is -2.14. The topological polar surface area (TPSA) is 59.8 Å². The van der Waals surface area contributed by atoms with Crippen molar-refractivity contribution in [2.24, 2.45) is 7.05 Å². The zero-order valence-electron chi connectivity index (χ0n) is 16.2. The number of hydrogen-bond acceptors (Lipinski definition) is 5. The van der Waals surface area contributed by atoms with E-state index in [1.165, 1.54) is 0 Å². The minimum absolute atomic E-state index is 0.0763. The van der Waals surface area contributed by atoms with Gasteiger partial charge in [-0.05, 0) is 47.8 Å². The standard InChI is InChI=1S/C23H18N4OS2/c1-27-20-5-3-2-4-19(20)26-22(27)15-6-8-17(9-7-15)24-21(28)12-18-14-30-23(25-18)16-10-11-29-13-16/h2-11,13-14H,12H2,1H3,(H,24,28). The van der Waals surface area contributed by atoms with Crippen molar-refractivity contribution < 1.29 is 4.79 Å². The predicted octanol–water partition coefficient (Wildman–Crippen LogP) is 5.61. The van der Waals surface area contributed by atoms with Crippen LogP contribution in [-0.2, 0) is 18.3 Å². The molecule has 7 heteroatoms. The number of imidazole rings is 1. The first-order valence-corrected chi connectivity index (χ1v) is 11.3. The first-order chi connectivity index (χ1) is 14.7. The van der Waals surface area contributed by atoms with Crippen molar-refractivity contribution in [3.05, 3.63) is 76.4 Å². The van der Waals surface area contributed by atoms with Gasteiger partial charge in [0.2, 0.25) is 5.91 Å². The van der Waals surface area contributed by atoms with Gasteiger partial charge in [-0.1, -0.05) is 12.1 Å². The minimum atomic E-state index is -0.0763. The highest BCUT2D eigenvalue weighted by atomic mass is 32.1. The van der Waals surface area contributed by atoms with Gasteiger partial charge in [-0.15, -0.1) is 11.3 Å². The summed E-state index contributed by atoms with van der Waals surface area (Å²) in [7, 11) is 2.01. The average molecular weight is 431 g/mol. The number of carbonyl (C=O) groups excluding carboxylic acids is 1. The second kappa shape index (κ2) is 7.85. The number of thiophene rings is 1. The number of benzene rings is 2. The van der Waals surface area contributed by atoms with Crippen molar-refractivity contribution in [2.75, 3.05) is 5.32 Å². The number of hydrogen-bond donors (Lipinski definition) is 1. The Hall–Kier alpha value is -3.29. The highest BCUT2D eigenvalue weighted by molar-refractivity contribution is 7.14. The van der Waals surface area contributed by atoms with E-state index in [1.807, 2.05) is 66.3 Å². The molecule has 30 heavy (non-hydrogen) atoms. The fourth-order valence-corrected chi connectivity index (χ4v) is 4.91. The fourth-order valence-electron chi connectivity index (χ4n) is 3.38. The summed E-state index contributed by atoms with van der Waals surface area (Å²) in [5, 5.41) is 9.94. The lowest BCUT2D eigenvalue weighted by atomic mass is 10.2. The molecule has 3 heterocycles. The normalized spacial score (nSPS) is 11.1. The van der Waals surface area contributed by atoms with E-state index in [2.05, 4.69) is 26.3 Å². The average Bonchev–Trinajstić information content (AvgIpc) is 3.50. The molecule has 0 saturated carbocycles. The zero-order valence-corrected chi connectivity index (χ0v) is 17.8. The van der Waals surface area contributed by atoms with E-state index >= 15 is 0 Å². The number of para-hydroxylation sites is 2. The molecule has 0 spiro atoms. The van der Waals surface area contributed by atoms with Gasteiger partial charge in [0.05, 0.1) is 23.1 Å². The van der Waals surface area contributed by atoms with Crippen LogP contribution >= 0.6 is 22.7 Å². The van der Waals surface area contributed by atoms with Crippen LogP contribution < -0.4 is 5.32 Å². The zero-order chi connectivity index (χ0) is 20.5. The molecular formula is C23H18N4OS2. The Morgan fingerprint density at radius 1 is 1.00 bits per heavy atom. The summed E-state index contributed by atoms with van der Waals surface area (Å²) in [6, 6.07) is 17.9. The van der Waals surface area contributed by atoms with Crippen LogP contribution in [0.15, 0.2) is 70.7 Å². The molecule has 0 atom stereocenters. The van der Waals surface area contributed by atoms with Gasteiger partial charge in [0.25, 0.3) is 0 Å². The van der Waals surface area contributed by atoms with Crippen molar-refractivity contribution in [1.29, 1.82) is 0 Å². The molecular weight excluding hydrogens is 412 g/mol. The number of thiazole rings is 1. The summed E-state index contributed by atoms with van der Waals surface area (Å²) in [4.78, 5) is 21.7. The van der Waals surface area contributed by atoms with Gasteiger partial charge in [0, 0.05) is 34.6 Å². The van der Waals surface area contributed by atoms with Crippen LogP contribution in [0.3, 0.4) is 0 Å². The number of carbonyl (C=O) groups is 1. The van der Waals surface area contributed by atoms with E-state index in [9.17, 15) is 4.79 Å². The van der Waals surface area contributed by atoms with Crippen LogP contribution in [0.4, 0.5) is 5.69 Å². The molecule has 0 bridgehead atoms. The Balaban J connectivity index is 1.28. The van der Waals surface area contributed by atoms with Crippen LogP contribution in [0, 0.1) is 0 Å². The van der Waals surface area contributed by atoms with Gasteiger partial charge >= 0.3 is 0 Å². The van der Waals surface area contributed by atoms with E-state index in [-0.39, 0.29) is 12.3 Å². The van der Waals surface area contributed by atoms with Crippen LogP contribution in [0.1, 0.15) is 5.69 Å². The second-order valence-corrected chi connectivity index (χ2v) is 8.58. The van der Waals surface area contributed by atoms with Gasteiger partial charge in [-0.3, -0.25) is 4.79 Å². The molecule has 1 amide bonds. The molecule has 0 aliphatic heterocycles. The second-order valence-electron chi connectivity index (χ2n) is 6.94. The Bertz CT molecular complexity index is 1320. The number of rotatable bonds is 5. The predicted molar refractivity (Wildman–Crippen MR) is 124 cm³/mol. The van der Waals surface area contributed by atoms with Crippen molar-refractivity contribution in [1.82, 2.24) is 14.5 Å². The fraction of sp³-hybridized carbons (Fsp3) is 0.0870. The van der Waals surface area contributed by atoms with Crippen LogP contribution in [0.5, 0.6) is 0 Å². The van der Waals surface area contributed by atoms with Crippen LogP contribution in [-0.4, -0.2) is 20.4 Å². The van der Waals surface area contributed by atoms with Gasteiger partial charge in [-0.25, -0.2) is 9.97 Å². The minimum Gasteiger partial charge on any atom is -0.327 e. The van der Waals surface area contributed by atoms with Crippen molar-refractivity contribution in [2.45, 2.75) is 6.42 Å². The third-order valence-electron chi connectivity index (χ3n) is 4.88. The molecule has 0 saturated heterocycles. The number of nitrogens with one attached hydrogen (secondary N) is 1. The van der Waals surface area contributed by atoms with Crippen LogP contribution in [0.25, 0.3) is 33.0 Å². The maximum absolute atomic E-state index is 12.4. The molecule has 3 aromatic heterocycles. The number of nitrogens with zero attached hydrogens (tertiary/aromatic N) is 3. The Labute approximate surface area is 181 Å². The third kappa shape index (κ3) is 3.65. The number of amides is 1. The van der Waals surface area contributed by atoms with Crippen LogP contribution in [0.2, 0.25) is 0 Å². The summed E-state index contributed by atoms with van der Waals surface area (Å²) in [5.74, 6) is 0.824. The van der Waals surface area contributed by atoms with Gasteiger partial charge in [0.15, 0.2) is 0 Å². The summed E-state index contributed by atoms with van der Waals surface area (Å²) in [5.41, 5.74) is 5.72. The van der Waals surface area contributed by atoms with Crippen molar-refractivity contribution in [3.63, 3.8) is 0 Å². The maximum atomic E-state index is 12.4. The first kappa shape index (κ1) is 18.7. The lowest BCUT2D eigenvalue weighted by molar-refractivity contribution is -0.115. The Morgan fingerprint density at radius 3 is 2.60 bits per heavy atom. The molecule has 5 nitrogen and oxygen atoms in total. The summed E-state index contributed by atoms with van der Waals surface area (Å²) in [6.07, 6.45) is 0.257. The van der Waals surface area contributed by atoms with Gasteiger partial charge in [0.1, 0.15) is 10.8 Å². The number of fused-ring (bicyclic) bond motifs is 1. The largest absolute Gasteiger partial charge is 0.327 e. The quantitative estimate of drug-likeness (QED) is 0.394. The SMILES string of the molecule is Cn1c(-c2ccc(NC(=O)Cc3csc(-c4ccsc4)n3)cc2)nc2ccccc21. The molecule has 0 aliphatic carbocycles. The molecule has 148 valence electrons. The molecule has 5 aromatic rings. The molecule has 2 aromatic carbocycles. The van der Waals surface area contributed by atoms with E-state index in [4.69, 9.17) is 4.98 Å². The third-order valence-corrected chi connectivity index (χ3v) is 6.50. The van der Waals surface area contributed by atoms with E-state index in [0.717, 1.165) is 44.4 Å². The van der Waals surface area contributed by atoms with Gasteiger partial charge < -0.3 is 9.88 Å². The molecule has 0 aliphatic rings. The Kier molecular flexibility index (Phi) is 4.90.